The van der Waals surface area contributed by atoms with Gasteiger partial charge in [0.25, 0.3) is 6.47 Å². The van der Waals surface area contributed by atoms with E-state index < -0.39 is 38.9 Å². The van der Waals surface area contributed by atoms with Crippen molar-refractivity contribution in [3.05, 3.63) is 41.2 Å². The van der Waals surface area contributed by atoms with Crippen molar-refractivity contribution in [2.75, 3.05) is 18.8 Å². The maximum Gasteiger partial charge on any atom is 0.416 e. The summed E-state index contributed by atoms with van der Waals surface area (Å²) in [4.78, 5) is 9.60. The third kappa shape index (κ3) is 11.3. The summed E-state index contributed by atoms with van der Waals surface area (Å²) in [6, 6.07) is 1.91. The molecule has 0 atom stereocenters. The van der Waals surface area contributed by atoms with E-state index >= 15 is 0 Å². The normalized spacial score (nSPS) is 16.0. The molecule has 0 aromatic heterocycles. The van der Waals surface area contributed by atoms with Crippen LogP contribution in [0.15, 0.2) is 24.3 Å². The Labute approximate surface area is 180 Å². The molecule has 0 radical (unpaired) electrons. The van der Waals surface area contributed by atoms with Crippen LogP contribution in [0, 0.1) is 5.82 Å². The second-order valence-corrected chi connectivity index (χ2v) is 9.68. The molecule has 0 amide bonds. The lowest BCUT2D eigenvalue weighted by atomic mass is 10.1. The minimum absolute atomic E-state index is 0.176. The summed E-state index contributed by atoms with van der Waals surface area (Å²) in [6.07, 6.45) is -1.25. The topological polar surface area (TPSA) is 84.5 Å². The van der Waals surface area contributed by atoms with Crippen LogP contribution in [0.4, 0.5) is 17.6 Å². The highest BCUT2D eigenvalue weighted by molar-refractivity contribution is 7.89. The van der Waals surface area contributed by atoms with Crippen molar-refractivity contribution in [3.8, 4) is 0 Å². The molecule has 1 aromatic rings. The standard InChI is InChI=1S/C15H18F4N2O2S.C5H10O2/c16-12-3-4-14(15(17,18)19)11(10-12)2-1-9-24(22,23)21-13-5-7-20-8-6-13;1-5(2,3)7-4-6/h1-4,10,13,20-21H,5-9H2;4H,1-3H3. The summed E-state index contributed by atoms with van der Waals surface area (Å²) in [7, 11) is -3.65. The van der Waals surface area contributed by atoms with E-state index in [-0.39, 0.29) is 11.6 Å². The van der Waals surface area contributed by atoms with Crippen LogP contribution >= 0.6 is 0 Å². The predicted molar refractivity (Wildman–Crippen MR) is 110 cm³/mol. The Kier molecular flexibility index (Phi) is 10.1. The van der Waals surface area contributed by atoms with Gasteiger partial charge in [-0.3, -0.25) is 4.79 Å². The molecule has 0 bridgehead atoms. The number of benzene rings is 1. The maximum atomic E-state index is 13.2. The number of piperidine rings is 1. The third-order valence-corrected chi connectivity index (χ3v) is 5.34. The van der Waals surface area contributed by atoms with Crippen molar-refractivity contribution < 1.29 is 35.5 Å². The summed E-state index contributed by atoms with van der Waals surface area (Å²) >= 11 is 0. The maximum absolute atomic E-state index is 13.2. The molecular formula is C20H28F4N2O4S. The van der Waals surface area contributed by atoms with Gasteiger partial charge in [0.2, 0.25) is 10.0 Å². The highest BCUT2D eigenvalue weighted by atomic mass is 32.2. The fourth-order valence-corrected chi connectivity index (χ4v) is 3.81. The minimum atomic E-state index is -4.64. The van der Waals surface area contributed by atoms with Crippen LogP contribution in [0.3, 0.4) is 0 Å². The average Bonchev–Trinajstić information content (AvgIpc) is 2.60. The van der Waals surface area contributed by atoms with E-state index in [1.165, 1.54) is 0 Å². The number of carbonyl (C=O) groups is 1. The summed E-state index contributed by atoms with van der Waals surface area (Å²) < 4.78 is 82.7. The molecule has 0 aliphatic carbocycles. The quantitative estimate of drug-likeness (QED) is 0.493. The fraction of sp³-hybridized carbons (Fsp3) is 0.550. The van der Waals surface area contributed by atoms with Crippen LogP contribution in [0.5, 0.6) is 0 Å². The van der Waals surface area contributed by atoms with E-state index in [2.05, 4.69) is 14.8 Å². The van der Waals surface area contributed by atoms with Crippen LogP contribution in [0.25, 0.3) is 6.08 Å². The Bertz CT molecular complexity index is 844. The van der Waals surface area contributed by atoms with Gasteiger partial charge in [0.05, 0.1) is 11.3 Å². The van der Waals surface area contributed by atoms with Gasteiger partial charge in [0.15, 0.2) is 0 Å². The molecule has 2 N–H and O–H groups in total. The second-order valence-electron chi connectivity index (χ2n) is 7.88. The van der Waals surface area contributed by atoms with Crippen LogP contribution in [-0.2, 0) is 25.7 Å². The summed E-state index contributed by atoms with van der Waals surface area (Å²) in [5, 5.41) is 3.10. The number of sulfonamides is 1. The molecule has 1 heterocycles. The van der Waals surface area contributed by atoms with Crippen molar-refractivity contribution in [2.45, 2.75) is 51.4 Å². The van der Waals surface area contributed by atoms with Gasteiger partial charge in [-0.15, -0.1) is 0 Å². The SMILES string of the molecule is CC(C)(C)OC=O.O=S(=O)(CC=Cc1cc(F)ccc1C(F)(F)F)NC1CCNCC1. The molecular weight excluding hydrogens is 440 g/mol. The monoisotopic (exact) mass is 468 g/mol. The number of hydrogen-bond acceptors (Lipinski definition) is 5. The van der Waals surface area contributed by atoms with E-state index in [0.29, 0.717) is 38.5 Å². The molecule has 0 saturated carbocycles. The van der Waals surface area contributed by atoms with Crippen molar-refractivity contribution >= 4 is 22.6 Å². The van der Waals surface area contributed by atoms with Crippen molar-refractivity contribution in [1.82, 2.24) is 10.0 Å². The van der Waals surface area contributed by atoms with Crippen molar-refractivity contribution in [2.24, 2.45) is 0 Å². The largest absolute Gasteiger partial charge is 0.462 e. The fourth-order valence-electron chi connectivity index (χ4n) is 2.62. The number of carbonyl (C=O) groups excluding carboxylic acids is 1. The van der Waals surface area contributed by atoms with E-state index in [1.807, 2.05) is 20.8 Å². The molecule has 0 unspecified atom stereocenters. The Balaban J connectivity index is 0.000000592. The molecule has 1 aliphatic rings. The van der Waals surface area contributed by atoms with E-state index in [4.69, 9.17) is 0 Å². The van der Waals surface area contributed by atoms with E-state index in [9.17, 15) is 30.8 Å². The zero-order valence-electron chi connectivity index (χ0n) is 17.6. The van der Waals surface area contributed by atoms with Crippen molar-refractivity contribution in [1.29, 1.82) is 0 Å². The Morgan fingerprint density at radius 2 is 1.81 bits per heavy atom. The predicted octanol–water partition coefficient (Wildman–Crippen LogP) is 3.49. The van der Waals surface area contributed by atoms with Gasteiger partial charge < -0.3 is 10.1 Å². The van der Waals surface area contributed by atoms with Gasteiger partial charge in [0.1, 0.15) is 11.4 Å². The molecule has 31 heavy (non-hydrogen) atoms. The number of alkyl halides is 3. The molecule has 1 fully saturated rings. The highest BCUT2D eigenvalue weighted by Crippen LogP contribution is 2.32. The lowest BCUT2D eigenvalue weighted by Crippen LogP contribution is -2.43. The average molecular weight is 469 g/mol. The number of ether oxygens (including phenoxy) is 1. The first-order chi connectivity index (χ1) is 14.2. The second kappa shape index (κ2) is 11.6. The first-order valence-corrected chi connectivity index (χ1v) is 11.2. The Hall–Kier alpha value is -1.98. The summed E-state index contributed by atoms with van der Waals surface area (Å²) in [5.74, 6) is -1.29. The molecule has 1 saturated heterocycles. The molecule has 2 rings (SSSR count). The van der Waals surface area contributed by atoms with E-state index in [0.717, 1.165) is 24.3 Å². The number of hydrogen-bond donors (Lipinski definition) is 2. The number of rotatable bonds is 6. The molecule has 1 aliphatic heterocycles. The molecule has 176 valence electrons. The number of nitrogens with one attached hydrogen (secondary N) is 2. The van der Waals surface area contributed by atoms with E-state index in [1.54, 1.807) is 0 Å². The zero-order chi connectivity index (χ0) is 23.7. The molecule has 6 nitrogen and oxygen atoms in total. The summed E-state index contributed by atoms with van der Waals surface area (Å²) in [6.45, 7) is 7.34. The van der Waals surface area contributed by atoms with Crippen LogP contribution < -0.4 is 10.0 Å². The molecule has 1 aromatic carbocycles. The molecule has 0 spiro atoms. The third-order valence-electron chi connectivity index (χ3n) is 4.02. The van der Waals surface area contributed by atoms with Crippen LogP contribution in [-0.4, -0.2) is 45.4 Å². The van der Waals surface area contributed by atoms with Crippen molar-refractivity contribution in [3.63, 3.8) is 0 Å². The van der Waals surface area contributed by atoms with Crippen LogP contribution in [0.2, 0.25) is 0 Å². The van der Waals surface area contributed by atoms with Gasteiger partial charge in [-0.1, -0.05) is 12.2 Å². The zero-order valence-corrected chi connectivity index (χ0v) is 18.4. The van der Waals surface area contributed by atoms with Gasteiger partial charge in [-0.05, 0) is 70.5 Å². The minimum Gasteiger partial charge on any atom is -0.462 e. The van der Waals surface area contributed by atoms with Gasteiger partial charge in [-0.2, -0.15) is 13.2 Å². The highest BCUT2D eigenvalue weighted by Gasteiger charge is 2.32. The lowest BCUT2D eigenvalue weighted by molar-refractivity contribution is -0.139. The number of halogens is 4. The van der Waals surface area contributed by atoms with Gasteiger partial charge >= 0.3 is 6.18 Å². The van der Waals surface area contributed by atoms with Gasteiger partial charge in [-0.25, -0.2) is 17.5 Å². The Morgan fingerprint density at radius 3 is 2.29 bits per heavy atom. The van der Waals surface area contributed by atoms with Gasteiger partial charge in [0, 0.05) is 6.04 Å². The molecule has 11 heteroatoms. The lowest BCUT2D eigenvalue weighted by Gasteiger charge is -2.23. The first-order valence-electron chi connectivity index (χ1n) is 9.59. The first kappa shape index (κ1) is 27.1. The summed E-state index contributed by atoms with van der Waals surface area (Å²) in [5.41, 5.74) is -1.73. The van der Waals surface area contributed by atoms with Crippen LogP contribution in [0.1, 0.15) is 44.7 Å². The Morgan fingerprint density at radius 1 is 1.19 bits per heavy atom. The smallest absolute Gasteiger partial charge is 0.416 e.